The number of hydrogen-bond donors (Lipinski definition) is 1. The van der Waals surface area contributed by atoms with Gasteiger partial charge < -0.3 is 10.1 Å². The quantitative estimate of drug-likeness (QED) is 0.405. The molecule has 1 amide bonds. The van der Waals surface area contributed by atoms with Gasteiger partial charge in [-0.05, 0) is 53.4 Å². The van der Waals surface area contributed by atoms with Crippen molar-refractivity contribution in [2.45, 2.75) is 46.8 Å². The molecule has 1 saturated carbocycles. The average Bonchev–Trinajstić information content (AvgIpc) is 3.40. The summed E-state index contributed by atoms with van der Waals surface area (Å²) in [6, 6.07) is 13.8. The Hall–Kier alpha value is -2.49. The Bertz CT molecular complexity index is 1240. The highest BCUT2D eigenvalue weighted by molar-refractivity contribution is 8.01. The first-order chi connectivity index (χ1) is 16.8. The second kappa shape index (κ2) is 9.52. The number of ketones is 1. The summed E-state index contributed by atoms with van der Waals surface area (Å²) in [7, 11) is 0. The van der Waals surface area contributed by atoms with Crippen molar-refractivity contribution in [3.63, 3.8) is 0 Å². The number of nitrogens with zero attached hydrogens (tertiary/aromatic N) is 1. The number of piperidine rings is 1. The zero-order chi connectivity index (χ0) is 24.6. The molecule has 1 aliphatic heterocycles. The van der Waals surface area contributed by atoms with Crippen molar-refractivity contribution >= 4 is 46.4 Å². The molecule has 0 bridgehead atoms. The molecular formula is C25H21ClF2N2O3S2. The van der Waals surface area contributed by atoms with Gasteiger partial charge in [-0.3, -0.25) is 9.59 Å². The van der Waals surface area contributed by atoms with Crippen LogP contribution in [-0.4, -0.2) is 40.4 Å². The van der Waals surface area contributed by atoms with E-state index in [0.29, 0.717) is 21.2 Å². The van der Waals surface area contributed by atoms with Crippen molar-refractivity contribution < 1.29 is 23.1 Å². The molecule has 2 fully saturated rings. The number of halogens is 3. The van der Waals surface area contributed by atoms with Crippen molar-refractivity contribution in [3.8, 4) is 5.88 Å². The van der Waals surface area contributed by atoms with E-state index in [-0.39, 0.29) is 30.9 Å². The maximum absolute atomic E-state index is 14.5. The van der Waals surface area contributed by atoms with Gasteiger partial charge in [-0.15, -0.1) is 11.8 Å². The van der Waals surface area contributed by atoms with Crippen LogP contribution in [0.5, 0.6) is 5.88 Å². The van der Waals surface area contributed by atoms with Crippen LogP contribution in [-0.2, 0) is 15.1 Å². The van der Waals surface area contributed by atoms with Crippen LogP contribution < -0.4 is 10.1 Å². The number of nitrogens with one attached hydrogen (secondary N) is 1. The Balaban J connectivity index is 1.43. The molecule has 1 saturated heterocycles. The highest BCUT2D eigenvalue weighted by Gasteiger charge is 2.50. The number of Topliss-reactive ketones (excluding diaryl/α,β-unsaturated/α-hetero) is 1. The van der Waals surface area contributed by atoms with Gasteiger partial charge in [0.05, 0.1) is 10.7 Å². The minimum Gasteiger partial charge on any atom is -0.474 e. The number of alkyl halides is 2. The van der Waals surface area contributed by atoms with E-state index in [2.05, 4.69) is 10.3 Å². The first kappa shape index (κ1) is 24.2. The third kappa shape index (κ3) is 4.57. The number of aromatic nitrogens is 1. The number of thiophene rings is 1. The van der Waals surface area contributed by atoms with Gasteiger partial charge in [-0.25, -0.2) is 13.8 Å². The van der Waals surface area contributed by atoms with Gasteiger partial charge in [0.1, 0.15) is 23.6 Å². The zero-order valence-corrected chi connectivity index (χ0v) is 20.8. The molecule has 10 heteroatoms. The summed E-state index contributed by atoms with van der Waals surface area (Å²) in [4.78, 5) is 31.8. The van der Waals surface area contributed by atoms with Crippen molar-refractivity contribution in [1.29, 1.82) is 0 Å². The van der Waals surface area contributed by atoms with E-state index in [1.165, 1.54) is 11.3 Å². The van der Waals surface area contributed by atoms with E-state index in [4.69, 9.17) is 16.3 Å². The van der Waals surface area contributed by atoms with Crippen molar-refractivity contribution in [2.75, 3.05) is 6.61 Å². The van der Waals surface area contributed by atoms with Gasteiger partial charge in [0.25, 0.3) is 0 Å². The molecule has 0 radical (unpaired) electrons. The van der Waals surface area contributed by atoms with Gasteiger partial charge in [-0.2, -0.15) is 11.3 Å². The Morgan fingerprint density at radius 2 is 2.03 bits per heavy atom. The molecule has 1 N–H and O–H groups in total. The van der Waals surface area contributed by atoms with Crippen LogP contribution in [0, 0.1) is 0 Å². The molecule has 2 aromatic heterocycles. The molecule has 4 atom stereocenters. The van der Waals surface area contributed by atoms with Crippen LogP contribution in [0.3, 0.4) is 0 Å². The largest absolute Gasteiger partial charge is 0.474 e. The Labute approximate surface area is 214 Å². The standard InChI is InChI=1S/C25H21ClF2N2O3S2/c26-16-4-1-2-5-18(16)35-22-17(31)12-25(30-23(22)32,15-9-11-34-13-15)20-6-3-7-21(29-20)33-14-24(28)10-8-19(24)27/h1-7,9,11,13,19,22H,8,10,12,14H2,(H,30,32). The average molecular weight is 535 g/mol. The number of rotatable bonds is 7. The Morgan fingerprint density at radius 3 is 2.69 bits per heavy atom. The molecule has 5 nitrogen and oxygen atoms in total. The molecule has 0 spiro atoms. The second-order valence-corrected chi connectivity index (χ2v) is 11.0. The number of hydrogen-bond acceptors (Lipinski definition) is 6. The van der Waals surface area contributed by atoms with Crippen molar-refractivity contribution in [3.05, 3.63) is 75.6 Å². The summed E-state index contributed by atoms with van der Waals surface area (Å²) in [6.45, 7) is -0.447. The Morgan fingerprint density at radius 1 is 1.20 bits per heavy atom. The predicted molar refractivity (Wildman–Crippen MR) is 132 cm³/mol. The lowest BCUT2D eigenvalue weighted by Crippen LogP contribution is -2.58. The van der Waals surface area contributed by atoms with Crippen molar-refractivity contribution in [2.24, 2.45) is 0 Å². The summed E-state index contributed by atoms with van der Waals surface area (Å²) >= 11 is 8.78. The van der Waals surface area contributed by atoms with E-state index >= 15 is 0 Å². The van der Waals surface area contributed by atoms with Gasteiger partial charge in [0, 0.05) is 17.4 Å². The van der Waals surface area contributed by atoms with Crippen LogP contribution in [0.4, 0.5) is 8.78 Å². The Kier molecular flexibility index (Phi) is 6.59. The number of carbonyl (C=O) groups excluding carboxylic acids is 2. The maximum atomic E-state index is 14.5. The van der Waals surface area contributed by atoms with Crippen molar-refractivity contribution in [1.82, 2.24) is 10.3 Å². The molecule has 3 heterocycles. The number of pyridine rings is 1. The fourth-order valence-electron chi connectivity index (χ4n) is 4.25. The fourth-order valence-corrected chi connectivity index (χ4v) is 6.22. The second-order valence-electron chi connectivity index (χ2n) is 8.67. The third-order valence-corrected chi connectivity index (χ3v) is 8.85. The van der Waals surface area contributed by atoms with Gasteiger partial charge in [0.2, 0.25) is 11.8 Å². The first-order valence-electron chi connectivity index (χ1n) is 11.0. The molecule has 2 aliphatic rings. The predicted octanol–water partition coefficient (Wildman–Crippen LogP) is 5.51. The minimum atomic E-state index is -2.01. The summed E-state index contributed by atoms with van der Waals surface area (Å²) in [6.07, 6.45) is -1.31. The summed E-state index contributed by atoms with van der Waals surface area (Å²) in [5.74, 6) is -0.624. The van der Waals surface area contributed by atoms with E-state index < -0.39 is 35.1 Å². The molecule has 3 aromatic rings. The number of carbonyl (C=O) groups is 2. The lowest BCUT2D eigenvalue weighted by atomic mass is 9.79. The summed E-state index contributed by atoms with van der Waals surface area (Å²) < 4.78 is 33.6. The van der Waals surface area contributed by atoms with Gasteiger partial charge in [0.15, 0.2) is 11.5 Å². The highest BCUT2D eigenvalue weighted by atomic mass is 35.5. The molecule has 1 aliphatic carbocycles. The molecule has 5 rings (SSSR count). The SMILES string of the molecule is O=C1CC(c2ccsc2)(c2cccc(OCC3(F)CCC3F)n2)NC(=O)C1Sc1ccccc1Cl. The minimum absolute atomic E-state index is 0.0341. The normalized spacial score (nSPS) is 28.3. The fraction of sp³-hybridized carbons (Fsp3) is 0.320. The van der Waals surface area contributed by atoms with Crippen LogP contribution in [0.2, 0.25) is 5.02 Å². The highest BCUT2D eigenvalue weighted by Crippen LogP contribution is 2.42. The lowest BCUT2D eigenvalue weighted by molar-refractivity contribution is -0.133. The van der Waals surface area contributed by atoms with Gasteiger partial charge >= 0.3 is 0 Å². The first-order valence-corrected chi connectivity index (χ1v) is 13.2. The van der Waals surface area contributed by atoms with Gasteiger partial charge in [-0.1, -0.05) is 29.8 Å². The lowest BCUT2D eigenvalue weighted by Gasteiger charge is -2.39. The third-order valence-electron chi connectivity index (χ3n) is 6.40. The van der Waals surface area contributed by atoms with E-state index in [9.17, 15) is 18.4 Å². The van der Waals surface area contributed by atoms with E-state index in [0.717, 1.165) is 11.8 Å². The summed E-state index contributed by atoms with van der Waals surface area (Å²) in [5, 5.41) is 6.23. The number of ether oxygens (including phenoxy) is 1. The number of amides is 1. The monoisotopic (exact) mass is 534 g/mol. The van der Waals surface area contributed by atoms with Crippen LogP contribution in [0.25, 0.3) is 0 Å². The zero-order valence-electron chi connectivity index (χ0n) is 18.4. The van der Waals surface area contributed by atoms with E-state index in [1.54, 1.807) is 42.5 Å². The smallest absolute Gasteiger partial charge is 0.242 e. The van der Waals surface area contributed by atoms with Crippen LogP contribution in [0.15, 0.2) is 64.2 Å². The molecule has 1 aromatic carbocycles. The molecular weight excluding hydrogens is 514 g/mol. The topological polar surface area (TPSA) is 68.3 Å². The number of thioether (sulfide) groups is 1. The van der Waals surface area contributed by atoms with Crippen LogP contribution in [0.1, 0.15) is 30.5 Å². The van der Waals surface area contributed by atoms with Crippen LogP contribution >= 0.6 is 34.7 Å². The molecule has 182 valence electrons. The summed E-state index contributed by atoms with van der Waals surface area (Å²) in [5.41, 5.74) is -2.13. The number of benzene rings is 1. The molecule has 4 unspecified atom stereocenters. The molecule has 35 heavy (non-hydrogen) atoms. The maximum Gasteiger partial charge on any atom is 0.242 e. The van der Waals surface area contributed by atoms with E-state index in [1.807, 2.05) is 16.8 Å².